The average molecular weight is 448 g/mol. The van der Waals surface area contributed by atoms with Crippen molar-refractivity contribution < 1.29 is 4.79 Å². The number of carbonyl (C=O) groups excluding carboxylic acids is 1. The third-order valence-corrected chi connectivity index (χ3v) is 7.28. The minimum absolute atomic E-state index is 0.00768. The maximum absolute atomic E-state index is 13.2. The van der Waals surface area contributed by atoms with Crippen LogP contribution in [-0.4, -0.2) is 15.5 Å². The van der Waals surface area contributed by atoms with E-state index in [-0.39, 0.29) is 11.3 Å². The normalized spacial score (nSPS) is 15.3. The second-order valence-corrected chi connectivity index (χ2v) is 10.5. The van der Waals surface area contributed by atoms with Gasteiger partial charge in [-0.15, -0.1) is 11.3 Å². The van der Waals surface area contributed by atoms with E-state index in [1.54, 1.807) is 23.5 Å². The number of nitrogens with zero attached hydrogens (tertiary/aromatic N) is 3. The molecule has 1 amide bonds. The molecule has 0 N–H and O–H groups in total. The molecule has 3 aromatic rings. The molecular weight excluding hydrogens is 425 g/mol. The van der Waals surface area contributed by atoms with Crippen molar-refractivity contribution in [1.82, 2.24) is 9.55 Å². The monoisotopic (exact) mass is 447 g/mol. The third kappa shape index (κ3) is 4.14. The van der Waals surface area contributed by atoms with Crippen molar-refractivity contribution in [1.29, 1.82) is 0 Å². The van der Waals surface area contributed by atoms with Crippen molar-refractivity contribution in [3.63, 3.8) is 0 Å². The van der Waals surface area contributed by atoms with Crippen LogP contribution in [0.15, 0.2) is 29.4 Å². The zero-order valence-electron chi connectivity index (χ0n) is 16.9. The van der Waals surface area contributed by atoms with Crippen molar-refractivity contribution in [3.8, 4) is 0 Å². The lowest BCUT2D eigenvalue weighted by Crippen LogP contribution is -2.20. The summed E-state index contributed by atoms with van der Waals surface area (Å²) in [4.78, 5) is 24.1. The molecule has 2 aromatic heterocycles. The molecule has 0 radical (unpaired) electrons. The summed E-state index contributed by atoms with van der Waals surface area (Å²) in [6.07, 6.45) is 4.00. The molecule has 2 heterocycles. The second-order valence-electron chi connectivity index (χ2n) is 8.67. The topological polar surface area (TPSA) is 47.2 Å². The van der Waals surface area contributed by atoms with E-state index in [9.17, 15) is 4.79 Å². The first-order chi connectivity index (χ1) is 13.6. The highest BCUT2D eigenvalue weighted by Gasteiger charge is 2.27. The van der Waals surface area contributed by atoms with Crippen LogP contribution in [0.2, 0.25) is 10.0 Å². The van der Waals surface area contributed by atoms with Gasteiger partial charge in [-0.3, -0.25) is 9.78 Å². The molecule has 0 bridgehead atoms. The van der Waals surface area contributed by atoms with E-state index in [1.807, 2.05) is 6.07 Å². The minimum atomic E-state index is -0.373. The molecule has 1 fully saturated rings. The Morgan fingerprint density at radius 1 is 1.31 bits per heavy atom. The van der Waals surface area contributed by atoms with Crippen molar-refractivity contribution >= 4 is 51.3 Å². The fourth-order valence-electron chi connectivity index (χ4n) is 3.54. The van der Waals surface area contributed by atoms with Gasteiger partial charge in [-0.2, -0.15) is 4.99 Å². The Labute approximate surface area is 184 Å². The predicted molar refractivity (Wildman–Crippen MR) is 120 cm³/mol. The van der Waals surface area contributed by atoms with Crippen LogP contribution in [-0.2, 0) is 12.0 Å². The zero-order valence-corrected chi connectivity index (χ0v) is 19.3. The number of carbonyl (C=O) groups is 1. The molecule has 1 aromatic carbocycles. The minimum Gasteiger partial charge on any atom is -0.320 e. The molecule has 0 atom stereocenters. The molecule has 1 aliphatic carbocycles. The van der Waals surface area contributed by atoms with E-state index >= 15 is 0 Å². The first kappa shape index (κ1) is 20.6. The van der Waals surface area contributed by atoms with Crippen LogP contribution in [0.5, 0.6) is 0 Å². The average Bonchev–Trinajstić information content (AvgIpc) is 3.40. The second kappa shape index (κ2) is 7.53. The molecule has 0 saturated heterocycles. The highest BCUT2D eigenvalue weighted by atomic mass is 35.5. The molecule has 0 unspecified atom stereocenters. The largest absolute Gasteiger partial charge is 0.320 e. The number of benzene rings is 1. The summed E-state index contributed by atoms with van der Waals surface area (Å²) in [7, 11) is 0. The summed E-state index contributed by atoms with van der Waals surface area (Å²) in [5.74, 6) is 0.303. The van der Waals surface area contributed by atoms with Crippen molar-refractivity contribution in [2.75, 3.05) is 0 Å². The summed E-state index contributed by atoms with van der Waals surface area (Å²) in [6, 6.07) is 5.29. The Morgan fingerprint density at radius 2 is 2.03 bits per heavy atom. The first-order valence-electron chi connectivity index (χ1n) is 9.68. The lowest BCUT2D eigenvalue weighted by atomic mass is 9.93. The van der Waals surface area contributed by atoms with E-state index in [0.717, 1.165) is 16.7 Å². The van der Waals surface area contributed by atoms with Gasteiger partial charge in [-0.25, -0.2) is 0 Å². The molecule has 4 nitrogen and oxygen atoms in total. The highest BCUT2D eigenvalue weighted by molar-refractivity contribution is 7.09. The van der Waals surface area contributed by atoms with Gasteiger partial charge in [-0.05, 0) is 43.2 Å². The maximum Gasteiger partial charge on any atom is 0.283 e. The molecule has 152 valence electrons. The van der Waals surface area contributed by atoms with E-state index in [0.29, 0.717) is 27.0 Å². The Bertz CT molecular complexity index is 1180. The van der Waals surface area contributed by atoms with E-state index in [2.05, 4.69) is 42.2 Å². The standard InChI is InChI=1S/C22H23Cl2N3OS/c1-12-19(22(2,3)4)29-21(27(12)11-13-5-6-13)26-20(28)17-16(24)8-7-14-9-15(23)10-25-18(14)17/h7-10,13H,5-6,11H2,1-4H3. The van der Waals surface area contributed by atoms with Crippen LogP contribution < -0.4 is 4.80 Å². The van der Waals surface area contributed by atoms with Gasteiger partial charge < -0.3 is 4.57 Å². The van der Waals surface area contributed by atoms with Gasteiger partial charge in [0.15, 0.2) is 4.80 Å². The summed E-state index contributed by atoms with van der Waals surface area (Å²) in [6.45, 7) is 9.59. The smallest absolute Gasteiger partial charge is 0.283 e. The fraction of sp³-hybridized carbons (Fsp3) is 0.409. The lowest BCUT2D eigenvalue weighted by Gasteiger charge is -2.17. The van der Waals surface area contributed by atoms with E-state index in [4.69, 9.17) is 23.2 Å². The first-order valence-corrected chi connectivity index (χ1v) is 11.3. The highest BCUT2D eigenvalue weighted by Crippen LogP contribution is 2.34. The molecule has 29 heavy (non-hydrogen) atoms. The molecular formula is C22H23Cl2N3OS. The maximum atomic E-state index is 13.2. The number of halogens is 2. The molecule has 1 saturated carbocycles. The van der Waals surface area contributed by atoms with Gasteiger partial charge in [0.1, 0.15) is 0 Å². The quantitative estimate of drug-likeness (QED) is 0.482. The number of hydrogen-bond acceptors (Lipinski definition) is 3. The Kier molecular flexibility index (Phi) is 5.34. The fourth-order valence-corrected chi connectivity index (χ4v) is 5.13. The summed E-state index contributed by atoms with van der Waals surface area (Å²) >= 11 is 14.0. The van der Waals surface area contributed by atoms with E-state index in [1.165, 1.54) is 29.6 Å². The van der Waals surface area contributed by atoms with Gasteiger partial charge in [-0.1, -0.05) is 50.0 Å². The van der Waals surface area contributed by atoms with Crippen LogP contribution in [0.25, 0.3) is 10.9 Å². The Balaban J connectivity index is 1.87. The van der Waals surface area contributed by atoms with Crippen molar-refractivity contribution in [2.45, 2.75) is 52.5 Å². The van der Waals surface area contributed by atoms with Crippen LogP contribution >= 0.6 is 34.5 Å². The molecule has 4 rings (SSSR count). The van der Waals surface area contributed by atoms with Gasteiger partial charge in [0.05, 0.1) is 21.1 Å². The summed E-state index contributed by atoms with van der Waals surface area (Å²) in [5.41, 5.74) is 2.03. The van der Waals surface area contributed by atoms with Gasteiger partial charge >= 0.3 is 0 Å². The molecule has 1 aliphatic rings. The number of hydrogen-bond donors (Lipinski definition) is 0. The van der Waals surface area contributed by atoms with Crippen LogP contribution in [0.4, 0.5) is 0 Å². The van der Waals surface area contributed by atoms with E-state index < -0.39 is 0 Å². The number of aromatic nitrogens is 2. The number of thiazole rings is 1. The zero-order chi connectivity index (χ0) is 20.9. The predicted octanol–water partition coefficient (Wildman–Crippen LogP) is 6.16. The molecule has 0 spiro atoms. The van der Waals surface area contributed by atoms with Crippen LogP contribution in [0.1, 0.15) is 54.5 Å². The van der Waals surface area contributed by atoms with Crippen LogP contribution in [0.3, 0.4) is 0 Å². The van der Waals surface area contributed by atoms with Gasteiger partial charge in [0.25, 0.3) is 5.91 Å². The van der Waals surface area contributed by atoms with Crippen molar-refractivity contribution in [2.24, 2.45) is 10.9 Å². The third-order valence-electron chi connectivity index (χ3n) is 5.16. The summed E-state index contributed by atoms with van der Waals surface area (Å²) < 4.78 is 2.20. The number of fused-ring (bicyclic) bond motifs is 1. The number of amides is 1. The number of rotatable bonds is 3. The van der Waals surface area contributed by atoms with Gasteiger partial charge in [0, 0.05) is 28.7 Å². The van der Waals surface area contributed by atoms with Crippen molar-refractivity contribution in [3.05, 3.63) is 55.4 Å². The SMILES string of the molecule is Cc1c(C(C)(C)C)sc(=NC(=O)c2c(Cl)ccc3cc(Cl)cnc23)n1CC1CC1. The Morgan fingerprint density at radius 3 is 2.69 bits per heavy atom. The Hall–Kier alpha value is -1.69. The summed E-state index contributed by atoms with van der Waals surface area (Å²) in [5, 5.41) is 1.63. The molecule has 0 aliphatic heterocycles. The lowest BCUT2D eigenvalue weighted by molar-refractivity contribution is 0.0999. The van der Waals surface area contributed by atoms with Gasteiger partial charge in [0.2, 0.25) is 0 Å². The van der Waals surface area contributed by atoms with Crippen LogP contribution in [0, 0.1) is 12.8 Å². The number of pyridine rings is 1. The molecule has 7 heteroatoms.